The highest BCUT2D eigenvalue weighted by atomic mass is 32.2. The fraction of sp³-hybridized carbons (Fsp3) is 0.286. The molecule has 0 saturated carbocycles. The molecular weight excluding hydrogens is 390 g/mol. The lowest BCUT2D eigenvalue weighted by atomic mass is 10.1. The Morgan fingerprint density at radius 3 is 3.00 bits per heavy atom. The highest BCUT2D eigenvalue weighted by molar-refractivity contribution is 8.00. The molecule has 3 aromatic rings. The van der Waals surface area contributed by atoms with E-state index in [2.05, 4.69) is 24.6 Å². The summed E-state index contributed by atoms with van der Waals surface area (Å²) in [5, 5.41) is 2.66. The van der Waals surface area contributed by atoms with Crippen molar-refractivity contribution in [3.63, 3.8) is 0 Å². The van der Waals surface area contributed by atoms with Crippen LogP contribution in [0.25, 0.3) is 10.2 Å². The number of hydrogen-bond acceptors (Lipinski definition) is 5. The summed E-state index contributed by atoms with van der Waals surface area (Å²) >= 11 is 2.77. The van der Waals surface area contributed by atoms with Crippen LogP contribution in [0.4, 0.5) is 5.69 Å². The van der Waals surface area contributed by atoms with Gasteiger partial charge in [0.2, 0.25) is 5.91 Å². The van der Waals surface area contributed by atoms with E-state index in [0.29, 0.717) is 21.9 Å². The van der Waals surface area contributed by atoms with Crippen LogP contribution in [-0.2, 0) is 17.8 Å². The van der Waals surface area contributed by atoms with Crippen LogP contribution in [0.2, 0.25) is 0 Å². The van der Waals surface area contributed by atoms with Crippen LogP contribution in [0, 0.1) is 0 Å². The van der Waals surface area contributed by atoms with E-state index in [0.717, 1.165) is 12.1 Å². The fourth-order valence-corrected chi connectivity index (χ4v) is 5.39. The maximum atomic E-state index is 13.3. The van der Waals surface area contributed by atoms with Gasteiger partial charge in [0.25, 0.3) is 5.56 Å². The smallest absolute Gasteiger partial charge is 0.263 e. The first-order valence-corrected chi connectivity index (χ1v) is 10.9. The third-order valence-electron chi connectivity index (χ3n) is 4.93. The topological polar surface area (TPSA) is 55.2 Å². The average Bonchev–Trinajstić information content (AvgIpc) is 3.27. The van der Waals surface area contributed by atoms with Crippen molar-refractivity contribution in [1.29, 1.82) is 0 Å². The van der Waals surface area contributed by atoms with Crippen LogP contribution >= 0.6 is 23.1 Å². The zero-order valence-electron chi connectivity index (χ0n) is 15.8. The van der Waals surface area contributed by atoms with E-state index in [1.807, 2.05) is 35.4 Å². The molecule has 0 unspecified atom stereocenters. The number of amides is 1. The average molecular weight is 412 g/mol. The molecule has 0 fully saturated rings. The Labute approximate surface area is 171 Å². The molecule has 0 saturated heterocycles. The summed E-state index contributed by atoms with van der Waals surface area (Å²) in [7, 11) is 0. The summed E-state index contributed by atoms with van der Waals surface area (Å²) in [4.78, 5) is 33.3. The number of carbonyl (C=O) groups is 1. The Bertz CT molecular complexity index is 1120. The second kappa shape index (κ2) is 7.56. The molecule has 1 aliphatic heterocycles. The summed E-state index contributed by atoms with van der Waals surface area (Å²) in [6, 6.07) is 9.95. The normalized spacial score (nSPS) is 16.9. The van der Waals surface area contributed by atoms with Crippen molar-refractivity contribution in [1.82, 2.24) is 9.55 Å². The minimum absolute atomic E-state index is 0.0353. The number of thioether (sulfide) groups is 1. The molecule has 3 heterocycles. The Hall–Kier alpha value is -2.38. The third kappa shape index (κ3) is 3.18. The number of benzene rings is 1. The molecule has 1 aliphatic rings. The molecule has 0 bridgehead atoms. The van der Waals surface area contributed by atoms with Crippen molar-refractivity contribution in [2.75, 3.05) is 4.90 Å². The maximum Gasteiger partial charge on any atom is 0.263 e. The lowest BCUT2D eigenvalue weighted by Crippen LogP contribution is -2.40. The Morgan fingerprint density at radius 2 is 2.21 bits per heavy atom. The molecule has 0 aliphatic carbocycles. The number of thiophene rings is 1. The van der Waals surface area contributed by atoms with Gasteiger partial charge in [-0.3, -0.25) is 14.2 Å². The van der Waals surface area contributed by atoms with E-state index < -0.39 is 0 Å². The standard InChI is InChI=1S/C21H21N3O2S2/c1-4-10-23-20(26)16-9-11-27-18(16)22-21(23)28-14(3)19(25)24-13(2)12-15-7-5-6-8-17(15)24/h4-9,11,13-14H,1,10,12H2,2-3H3/t13-,14-/m0/s1. The molecule has 0 spiro atoms. The van der Waals surface area contributed by atoms with Crippen molar-refractivity contribution in [3.8, 4) is 0 Å². The Kier molecular flexibility index (Phi) is 5.12. The number of fused-ring (bicyclic) bond motifs is 2. The van der Waals surface area contributed by atoms with E-state index >= 15 is 0 Å². The number of carbonyl (C=O) groups excluding carboxylic acids is 1. The van der Waals surface area contributed by atoms with Crippen molar-refractivity contribution in [2.45, 2.75) is 43.3 Å². The van der Waals surface area contributed by atoms with E-state index in [1.165, 1.54) is 28.7 Å². The highest BCUT2D eigenvalue weighted by Gasteiger charge is 2.34. The van der Waals surface area contributed by atoms with Crippen molar-refractivity contribution < 1.29 is 4.79 Å². The van der Waals surface area contributed by atoms with E-state index in [4.69, 9.17) is 0 Å². The van der Waals surface area contributed by atoms with Crippen LogP contribution in [0.15, 0.2) is 58.3 Å². The fourth-order valence-electron chi connectivity index (χ4n) is 3.62. The van der Waals surface area contributed by atoms with Gasteiger partial charge < -0.3 is 4.90 Å². The van der Waals surface area contributed by atoms with Crippen LogP contribution < -0.4 is 10.5 Å². The molecule has 4 rings (SSSR count). The van der Waals surface area contributed by atoms with Gasteiger partial charge in [-0.25, -0.2) is 4.98 Å². The number of hydrogen-bond donors (Lipinski definition) is 0. The summed E-state index contributed by atoms with van der Waals surface area (Å²) in [5.74, 6) is 0.0353. The van der Waals surface area contributed by atoms with Gasteiger partial charge in [-0.15, -0.1) is 17.9 Å². The van der Waals surface area contributed by atoms with E-state index in [9.17, 15) is 9.59 Å². The minimum Gasteiger partial charge on any atom is -0.308 e. The molecule has 2 aromatic heterocycles. The molecule has 28 heavy (non-hydrogen) atoms. The predicted molar refractivity (Wildman–Crippen MR) is 116 cm³/mol. The van der Waals surface area contributed by atoms with Crippen molar-refractivity contribution in [2.24, 2.45) is 0 Å². The summed E-state index contributed by atoms with van der Waals surface area (Å²) in [5.41, 5.74) is 2.09. The first-order chi connectivity index (χ1) is 13.5. The minimum atomic E-state index is -0.367. The van der Waals surface area contributed by atoms with Crippen molar-refractivity contribution in [3.05, 3.63) is 64.3 Å². The van der Waals surface area contributed by atoms with Gasteiger partial charge in [0.15, 0.2) is 5.16 Å². The molecule has 144 valence electrons. The second-order valence-corrected chi connectivity index (χ2v) is 9.09. The van der Waals surface area contributed by atoms with Gasteiger partial charge in [0, 0.05) is 18.3 Å². The van der Waals surface area contributed by atoms with Gasteiger partial charge in [0.1, 0.15) is 4.83 Å². The first kappa shape index (κ1) is 19.0. The molecule has 2 atom stereocenters. The quantitative estimate of drug-likeness (QED) is 0.360. The zero-order chi connectivity index (χ0) is 19.8. The predicted octanol–water partition coefficient (Wildman–Crippen LogP) is 4.10. The van der Waals surface area contributed by atoms with Gasteiger partial charge in [-0.2, -0.15) is 0 Å². The molecule has 5 nitrogen and oxygen atoms in total. The van der Waals surface area contributed by atoms with Crippen LogP contribution in [0.5, 0.6) is 0 Å². The molecular formula is C21H21N3O2S2. The summed E-state index contributed by atoms with van der Waals surface area (Å²) < 4.78 is 1.60. The van der Waals surface area contributed by atoms with Gasteiger partial charge in [-0.05, 0) is 43.3 Å². The van der Waals surface area contributed by atoms with Gasteiger partial charge in [-0.1, -0.05) is 36.0 Å². The second-order valence-electron chi connectivity index (χ2n) is 6.89. The SMILES string of the molecule is C=CCn1c(S[C@@H](C)C(=O)N2c3ccccc3C[C@@H]2C)nc2sccc2c1=O. The molecule has 0 N–H and O–H groups in total. The Morgan fingerprint density at radius 1 is 1.43 bits per heavy atom. The van der Waals surface area contributed by atoms with Crippen LogP contribution in [0.3, 0.4) is 0 Å². The number of allylic oxidation sites excluding steroid dienone is 1. The van der Waals surface area contributed by atoms with Crippen LogP contribution in [0.1, 0.15) is 19.4 Å². The number of anilines is 1. The zero-order valence-corrected chi connectivity index (χ0v) is 17.4. The molecule has 1 aromatic carbocycles. The van der Waals surface area contributed by atoms with Gasteiger partial charge in [0.05, 0.1) is 10.6 Å². The maximum absolute atomic E-state index is 13.3. The number of rotatable bonds is 5. The highest BCUT2D eigenvalue weighted by Crippen LogP contribution is 2.34. The lowest BCUT2D eigenvalue weighted by molar-refractivity contribution is -0.118. The van der Waals surface area contributed by atoms with Gasteiger partial charge >= 0.3 is 0 Å². The van der Waals surface area contributed by atoms with E-state index in [-0.39, 0.29) is 22.8 Å². The number of aromatic nitrogens is 2. The van der Waals surface area contributed by atoms with Crippen molar-refractivity contribution >= 4 is 44.9 Å². The molecule has 1 amide bonds. The summed E-state index contributed by atoms with van der Waals surface area (Å²) in [6.45, 7) is 8.06. The largest absolute Gasteiger partial charge is 0.308 e. The first-order valence-electron chi connectivity index (χ1n) is 9.18. The number of para-hydroxylation sites is 1. The van der Waals surface area contributed by atoms with Crippen LogP contribution in [-0.4, -0.2) is 26.8 Å². The molecule has 0 radical (unpaired) electrons. The monoisotopic (exact) mass is 411 g/mol. The lowest BCUT2D eigenvalue weighted by Gasteiger charge is -2.26. The number of nitrogens with zero attached hydrogens (tertiary/aromatic N) is 3. The third-order valence-corrected chi connectivity index (χ3v) is 6.82. The van der Waals surface area contributed by atoms with E-state index in [1.54, 1.807) is 16.7 Å². The molecule has 7 heteroatoms. The Balaban J connectivity index is 1.66. The summed E-state index contributed by atoms with van der Waals surface area (Å²) in [6.07, 6.45) is 2.54.